The molecule has 0 unspecified atom stereocenters. The second kappa shape index (κ2) is 8.98. The molecule has 0 radical (unpaired) electrons. The molecule has 1 fully saturated rings. The Labute approximate surface area is 124 Å². The van der Waals surface area contributed by atoms with E-state index in [1.807, 2.05) is 0 Å². The molecular weight excluding hydrogens is 248 g/mol. The first kappa shape index (κ1) is 17.0. The summed E-state index contributed by atoms with van der Waals surface area (Å²) >= 11 is 0. The van der Waals surface area contributed by atoms with Crippen molar-refractivity contribution in [2.75, 3.05) is 44.7 Å². The Bertz CT molecular complexity index is 354. The zero-order valence-corrected chi connectivity index (χ0v) is 13.5. The first-order chi connectivity index (χ1) is 9.56. The molecule has 0 spiro atoms. The summed E-state index contributed by atoms with van der Waals surface area (Å²) in [6, 6.07) is 9.13. The minimum absolute atomic E-state index is 0.250. The van der Waals surface area contributed by atoms with Crippen molar-refractivity contribution in [2.45, 2.75) is 27.2 Å². The van der Waals surface area contributed by atoms with Crippen LogP contribution in [0.3, 0.4) is 0 Å². The highest BCUT2D eigenvalue weighted by Crippen LogP contribution is 2.18. The molecule has 0 aliphatic carbocycles. The maximum atomic E-state index is 7.57. The predicted octanol–water partition coefficient (Wildman–Crippen LogP) is 2.64. The Morgan fingerprint density at radius 1 is 1.05 bits per heavy atom. The molecule has 20 heavy (non-hydrogen) atoms. The van der Waals surface area contributed by atoms with Crippen LogP contribution in [0.15, 0.2) is 24.3 Å². The second-order valence-electron chi connectivity index (χ2n) is 5.87. The van der Waals surface area contributed by atoms with Gasteiger partial charge in [0, 0.05) is 38.5 Å². The monoisotopic (exact) mass is 278 g/mol. The van der Waals surface area contributed by atoms with Gasteiger partial charge in [-0.3, -0.25) is 0 Å². The molecular formula is C17H30N2O. The molecule has 1 N–H and O–H groups in total. The largest absolute Gasteiger partial charge is 0.397 e. The number of benzene rings is 1. The summed E-state index contributed by atoms with van der Waals surface area (Å²) in [6.45, 7) is 11.1. The lowest BCUT2D eigenvalue weighted by Gasteiger charge is -2.34. The van der Waals surface area contributed by atoms with Gasteiger partial charge in [0.2, 0.25) is 0 Å². The van der Waals surface area contributed by atoms with Gasteiger partial charge in [-0.05, 0) is 44.0 Å². The highest BCUT2D eigenvalue weighted by atomic mass is 16.2. The fraction of sp³-hybridized carbons (Fsp3) is 0.647. The van der Waals surface area contributed by atoms with Crippen molar-refractivity contribution in [1.29, 1.82) is 0 Å². The minimum atomic E-state index is 0.250. The third-order valence-corrected chi connectivity index (χ3v) is 3.45. The Morgan fingerprint density at radius 3 is 2.00 bits per heavy atom. The van der Waals surface area contributed by atoms with Gasteiger partial charge in [-0.1, -0.05) is 26.0 Å². The fourth-order valence-electron chi connectivity index (χ4n) is 2.38. The average Bonchev–Trinajstić information content (AvgIpc) is 2.41. The van der Waals surface area contributed by atoms with Gasteiger partial charge in [-0.25, -0.2) is 0 Å². The molecule has 1 aliphatic rings. The zero-order chi connectivity index (χ0) is 15.0. The lowest BCUT2D eigenvalue weighted by molar-refractivity contribution is 0.313. The molecule has 114 valence electrons. The number of anilines is 1. The van der Waals surface area contributed by atoms with Gasteiger partial charge in [-0.15, -0.1) is 0 Å². The van der Waals surface area contributed by atoms with Gasteiger partial charge >= 0.3 is 0 Å². The summed E-state index contributed by atoms with van der Waals surface area (Å²) in [6.07, 6.45) is 1.18. The van der Waals surface area contributed by atoms with Crippen LogP contribution in [0.5, 0.6) is 0 Å². The van der Waals surface area contributed by atoms with E-state index in [2.05, 4.69) is 55.0 Å². The van der Waals surface area contributed by atoms with E-state index >= 15 is 0 Å². The molecule has 0 aromatic heterocycles. The lowest BCUT2D eigenvalue weighted by atomic mass is 10.0. The van der Waals surface area contributed by atoms with Gasteiger partial charge in [-0.2, -0.15) is 0 Å². The van der Waals surface area contributed by atoms with Gasteiger partial charge in [0.05, 0.1) is 0 Å². The van der Waals surface area contributed by atoms with E-state index in [9.17, 15) is 0 Å². The third-order valence-electron chi connectivity index (χ3n) is 3.45. The molecule has 1 aromatic carbocycles. The molecule has 3 nitrogen and oxygen atoms in total. The zero-order valence-electron chi connectivity index (χ0n) is 13.5. The maximum Gasteiger partial charge on any atom is 0.0402 e. The van der Waals surface area contributed by atoms with Crippen molar-refractivity contribution in [3.05, 3.63) is 29.8 Å². The van der Waals surface area contributed by atoms with Crippen molar-refractivity contribution < 1.29 is 5.11 Å². The summed E-state index contributed by atoms with van der Waals surface area (Å²) in [4.78, 5) is 4.88. The van der Waals surface area contributed by atoms with Crippen LogP contribution in [-0.2, 0) is 6.42 Å². The molecule has 3 heteroatoms. The number of piperazine rings is 1. The molecule has 1 aliphatic heterocycles. The van der Waals surface area contributed by atoms with Gasteiger partial charge in [0.25, 0.3) is 0 Å². The van der Waals surface area contributed by atoms with Crippen LogP contribution in [0, 0.1) is 5.92 Å². The third kappa shape index (κ3) is 5.93. The number of hydrogen-bond donors (Lipinski definition) is 1. The quantitative estimate of drug-likeness (QED) is 0.921. The lowest BCUT2D eigenvalue weighted by Crippen LogP contribution is -2.44. The number of aliphatic hydroxyl groups is 1. The van der Waals surface area contributed by atoms with Gasteiger partial charge < -0.3 is 14.9 Å². The Kier molecular flexibility index (Phi) is 7.63. The Hall–Kier alpha value is -1.06. The van der Waals surface area contributed by atoms with E-state index in [-0.39, 0.29) is 6.61 Å². The predicted molar refractivity (Wildman–Crippen MR) is 87.5 cm³/mol. The number of hydrogen-bond acceptors (Lipinski definition) is 3. The topological polar surface area (TPSA) is 26.7 Å². The smallest absolute Gasteiger partial charge is 0.0402 e. The Balaban J connectivity index is 0.000000612. The molecule has 0 saturated carbocycles. The molecule has 0 amide bonds. The van der Waals surface area contributed by atoms with Crippen LogP contribution in [0.25, 0.3) is 0 Å². The van der Waals surface area contributed by atoms with E-state index < -0.39 is 0 Å². The highest BCUT2D eigenvalue weighted by Gasteiger charge is 2.13. The van der Waals surface area contributed by atoms with Crippen LogP contribution in [0.1, 0.15) is 26.3 Å². The van der Waals surface area contributed by atoms with E-state index in [1.54, 1.807) is 6.92 Å². The molecule has 0 atom stereocenters. The van der Waals surface area contributed by atoms with E-state index in [1.165, 1.54) is 30.8 Å². The van der Waals surface area contributed by atoms with Gasteiger partial charge in [0.15, 0.2) is 0 Å². The van der Waals surface area contributed by atoms with Crippen molar-refractivity contribution in [3.8, 4) is 0 Å². The number of rotatable bonds is 3. The van der Waals surface area contributed by atoms with Crippen LogP contribution in [0.2, 0.25) is 0 Å². The first-order valence-electron chi connectivity index (χ1n) is 7.70. The molecule has 1 saturated heterocycles. The highest BCUT2D eigenvalue weighted by molar-refractivity contribution is 5.48. The van der Waals surface area contributed by atoms with Gasteiger partial charge in [0.1, 0.15) is 0 Å². The normalized spacial score (nSPS) is 16.0. The van der Waals surface area contributed by atoms with Crippen LogP contribution in [0.4, 0.5) is 5.69 Å². The van der Waals surface area contributed by atoms with E-state index in [4.69, 9.17) is 5.11 Å². The molecule has 2 rings (SSSR count). The number of aliphatic hydroxyl groups excluding tert-OH is 1. The fourth-order valence-corrected chi connectivity index (χ4v) is 2.38. The summed E-state index contributed by atoms with van der Waals surface area (Å²) in [5.74, 6) is 0.740. The number of nitrogens with zero attached hydrogens (tertiary/aromatic N) is 2. The SMILES string of the molecule is CC(C)Cc1ccc(N2CCN(C)CC2)cc1.CCO. The Morgan fingerprint density at radius 2 is 1.55 bits per heavy atom. The maximum absolute atomic E-state index is 7.57. The summed E-state index contributed by atoms with van der Waals surface area (Å²) in [7, 11) is 2.20. The number of likely N-dealkylation sites (N-methyl/N-ethyl adjacent to an activating group) is 1. The van der Waals surface area contributed by atoms with Crippen molar-refractivity contribution in [3.63, 3.8) is 0 Å². The van der Waals surface area contributed by atoms with Crippen molar-refractivity contribution in [1.82, 2.24) is 4.90 Å². The van der Waals surface area contributed by atoms with Crippen LogP contribution in [-0.4, -0.2) is 49.8 Å². The van der Waals surface area contributed by atoms with Crippen LogP contribution >= 0.6 is 0 Å². The summed E-state index contributed by atoms with van der Waals surface area (Å²) in [5.41, 5.74) is 2.84. The van der Waals surface area contributed by atoms with E-state index in [0.29, 0.717) is 0 Å². The average molecular weight is 278 g/mol. The second-order valence-corrected chi connectivity index (χ2v) is 5.87. The first-order valence-corrected chi connectivity index (χ1v) is 7.70. The molecule has 0 bridgehead atoms. The molecule has 1 heterocycles. The van der Waals surface area contributed by atoms with E-state index in [0.717, 1.165) is 19.0 Å². The summed E-state index contributed by atoms with van der Waals surface area (Å²) < 4.78 is 0. The van der Waals surface area contributed by atoms with Crippen molar-refractivity contribution >= 4 is 5.69 Å². The molecule has 1 aromatic rings. The standard InChI is InChI=1S/C15H24N2.C2H6O/c1-13(2)12-14-4-6-15(7-5-14)17-10-8-16(3)9-11-17;1-2-3/h4-7,13H,8-12H2,1-3H3;3H,2H2,1H3. The summed E-state index contributed by atoms with van der Waals surface area (Å²) in [5, 5.41) is 7.57. The van der Waals surface area contributed by atoms with Crippen LogP contribution < -0.4 is 4.90 Å². The minimum Gasteiger partial charge on any atom is -0.397 e. The van der Waals surface area contributed by atoms with Crippen molar-refractivity contribution in [2.24, 2.45) is 5.92 Å².